The monoisotopic (exact) mass is 214 g/mol. The van der Waals surface area contributed by atoms with Crippen molar-refractivity contribution in [3.63, 3.8) is 0 Å². The van der Waals surface area contributed by atoms with E-state index in [2.05, 4.69) is 45.9 Å². The van der Waals surface area contributed by atoms with Crippen molar-refractivity contribution in [2.24, 2.45) is 0 Å². The van der Waals surface area contributed by atoms with Crippen molar-refractivity contribution < 1.29 is 4.43 Å². The second kappa shape index (κ2) is 4.29. The lowest BCUT2D eigenvalue weighted by atomic mass is 10.6. The average Bonchev–Trinajstić information content (AvgIpc) is 1.81. The Labute approximate surface area is 84.6 Å². The highest BCUT2D eigenvalue weighted by atomic mass is 28.4. The molecule has 0 bridgehead atoms. The molecule has 0 radical (unpaired) electrons. The van der Waals surface area contributed by atoms with Gasteiger partial charge < -0.3 is 4.43 Å². The first-order chi connectivity index (χ1) is 5.67. The predicted octanol–water partition coefficient (Wildman–Crippen LogP) is 3.79. The molecule has 0 amide bonds. The highest BCUT2D eigenvalue weighted by Gasteiger charge is 2.26. The molecule has 13 heavy (non-hydrogen) atoms. The van der Waals surface area contributed by atoms with E-state index in [0.717, 1.165) is 0 Å². The van der Waals surface area contributed by atoms with Gasteiger partial charge in [-0.05, 0) is 25.7 Å². The van der Waals surface area contributed by atoms with Crippen molar-refractivity contribution in [1.82, 2.24) is 0 Å². The summed E-state index contributed by atoms with van der Waals surface area (Å²) in [6.07, 6.45) is 3.86. The van der Waals surface area contributed by atoms with Gasteiger partial charge in [0, 0.05) is 0 Å². The van der Waals surface area contributed by atoms with Gasteiger partial charge in [0.1, 0.15) is 8.07 Å². The quantitative estimate of drug-likeness (QED) is 0.393. The van der Waals surface area contributed by atoms with Crippen molar-refractivity contribution >= 4 is 16.4 Å². The number of hydrogen-bond acceptors (Lipinski definition) is 1. The van der Waals surface area contributed by atoms with Gasteiger partial charge in [-0.15, -0.1) is 0 Å². The van der Waals surface area contributed by atoms with E-state index in [9.17, 15) is 0 Å². The van der Waals surface area contributed by atoms with E-state index in [-0.39, 0.29) is 0 Å². The van der Waals surface area contributed by atoms with Crippen molar-refractivity contribution in [2.75, 3.05) is 0 Å². The van der Waals surface area contributed by atoms with Gasteiger partial charge in [0.2, 0.25) is 8.32 Å². The summed E-state index contributed by atoms with van der Waals surface area (Å²) >= 11 is 0. The predicted molar refractivity (Wildman–Crippen MR) is 66.1 cm³/mol. The van der Waals surface area contributed by atoms with Crippen LogP contribution in [-0.2, 0) is 4.43 Å². The summed E-state index contributed by atoms with van der Waals surface area (Å²) in [4.78, 5) is 0. The maximum Gasteiger partial charge on any atom is 0.241 e. The van der Waals surface area contributed by atoms with E-state index in [1.807, 2.05) is 12.2 Å². The third-order valence-electron chi connectivity index (χ3n) is 1.42. The molecular weight excluding hydrogens is 192 g/mol. The number of rotatable bonds is 4. The molecule has 0 rings (SSSR count). The van der Waals surface area contributed by atoms with Crippen LogP contribution in [-0.4, -0.2) is 16.4 Å². The number of allylic oxidation sites excluding steroid dienone is 2. The molecule has 0 atom stereocenters. The molecule has 0 aromatic rings. The number of hydrogen-bond donors (Lipinski definition) is 0. The summed E-state index contributed by atoms with van der Waals surface area (Å²) in [7, 11) is -2.76. The Morgan fingerprint density at radius 1 is 1.08 bits per heavy atom. The SMILES string of the molecule is C=C/C=C(/O[Si](C)(C)C)[Si](C)(C)C. The summed E-state index contributed by atoms with van der Waals surface area (Å²) in [5.41, 5.74) is 0. The van der Waals surface area contributed by atoms with Crippen LogP contribution in [0.25, 0.3) is 0 Å². The Balaban J connectivity index is 4.67. The zero-order valence-electron chi connectivity index (χ0n) is 9.77. The Kier molecular flexibility index (Phi) is 4.19. The van der Waals surface area contributed by atoms with Gasteiger partial charge in [-0.25, -0.2) is 0 Å². The lowest BCUT2D eigenvalue weighted by Crippen LogP contribution is -2.34. The van der Waals surface area contributed by atoms with Gasteiger partial charge in [-0.1, -0.05) is 32.3 Å². The van der Waals surface area contributed by atoms with Crippen LogP contribution in [0.15, 0.2) is 24.1 Å². The summed E-state index contributed by atoms with van der Waals surface area (Å²) < 4.78 is 6.03. The van der Waals surface area contributed by atoms with Crippen LogP contribution in [0.5, 0.6) is 0 Å². The van der Waals surface area contributed by atoms with Gasteiger partial charge in [0.25, 0.3) is 0 Å². The lowest BCUT2D eigenvalue weighted by Gasteiger charge is -2.29. The smallest absolute Gasteiger partial charge is 0.241 e. The minimum Gasteiger partial charge on any atom is -0.551 e. The van der Waals surface area contributed by atoms with Crippen LogP contribution < -0.4 is 0 Å². The van der Waals surface area contributed by atoms with E-state index in [0.29, 0.717) is 0 Å². The van der Waals surface area contributed by atoms with Crippen LogP contribution >= 0.6 is 0 Å². The molecule has 0 heterocycles. The molecule has 0 aromatic carbocycles. The van der Waals surface area contributed by atoms with Crippen LogP contribution in [0, 0.1) is 0 Å². The molecule has 0 saturated carbocycles. The minimum absolute atomic E-state index is 1.18. The Morgan fingerprint density at radius 2 is 1.54 bits per heavy atom. The zero-order valence-corrected chi connectivity index (χ0v) is 11.8. The fourth-order valence-electron chi connectivity index (χ4n) is 0.874. The summed E-state index contributed by atoms with van der Waals surface area (Å²) in [6, 6.07) is 0. The first kappa shape index (κ1) is 12.7. The highest BCUT2D eigenvalue weighted by molar-refractivity contribution is 6.84. The van der Waals surface area contributed by atoms with Crippen LogP contribution in [0.3, 0.4) is 0 Å². The standard InChI is InChI=1S/C10H22OSi2/c1-8-9-10(12(2,3)4)11-13(5,6)7/h8-9H,1H2,2-7H3/b10-9-. The summed E-state index contributed by atoms with van der Waals surface area (Å²) in [5.74, 6) is 0. The second-order valence-corrected chi connectivity index (χ2v) is 14.7. The fourth-order valence-corrected chi connectivity index (χ4v) is 4.36. The molecule has 0 aromatic heterocycles. The third kappa shape index (κ3) is 5.88. The molecule has 0 spiro atoms. The van der Waals surface area contributed by atoms with Crippen LogP contribution in [0.4, 0.5) is 0 Å². The molecule has 0 fully saturated rings. The largest absolute Gasteiger partial charge is 0.551 e. The molecule has 0 unspecified atom stereocenters. The molecular formula is C10H22OSi2. The summed E-state index contributed by atoms with van der Waals surface area (Å²) in [5, 5.41) is 1.18. The molecule has 0 aliphatic heterocycles. The first-order valence-electron chi connectivity index (χ1n) is 4.69. The second-order valence-electron chi connectivity index (χ2n) is 5.23. The molecule has 0 aliphatic carbocycles. The Hall–Kier alpha value is -0.286. The molecule has 0 aliphatic rings. The van der Waals surface area contributed by atoms with Crippen LogP contribution in [0.1, 0.15) is 0 Å². The molecule has 1 nitrogen and oxygen atoms in total. The Bertz CT molecular complexity index is 206. The first-order valence-corrected chi connectivity index (χ1v) is 11.6. The van der Waals surface area contributed by atoms with E-state index < -0.39 is 16.4 Å². The lowest BCUT2D eigenvalue weighted by molar-refractivity contribution is 0.452. The van der Waals surface area contributed by atoms with Crippen molar-refractivity contribution in [3.05, 3.63) is 24.1 Å². The van der Waals surface area contributed by atoms with Gasteiger partial charge in [0.15, 0.2) is 0 Å². The maximum absolute atomic E-state index is 6.03. The van der Waals surface area contributed by atoms with E-state index in [1.165, 1.54) is 5.38 Å². The molecule has 0 saturated heterocycles. The van der Waals surface area contributed by atoms with E-state index >= 15 is 0 Å². The summed E-state index contributed by atoms with van der Waals surface area (Å²) in [6.45, 7) is 17.2. The van der Waals surface area contributed by atoms with E-state index in [1.54, 1.807) is 0 Å². The molecule has 0 N–H and O–H groups in total. The highest BCUT2D eigenvalue weighted by Crippen LogP contribution is 2.20. The zero-order chi connectivity index (χ0) is 10.7. The average molecular weight is 214 g/mol. The normalized spacial score (nSPS) is 14.2. The van der Waals surface area contributed by atoms with Crippen molar-refractivity contribution in [3.8, 4) is 0 Å². The van der Waals surface area contributed by atoms with Crippen molar-refractivity contribution in [2.45, 2.75) is 39.3 Å². The fraction of sp³-hybridized carbons (Fsp3) is 0.600. The van der Waals surface area contributed by atoms with Crippen molar-refractivity contribution in [1.29, 1.82) is 0 Å². The van der Waals surface area contributed by atoms with E-state index in [4.69, 9.17) is 4.43 Å². The van der Waals surface area contributed by atoms with Gasteiger partial charge in [-0.3, -0.25) is 0 Å². The van der Waals surface area contributed by atoms with Gasteiger partial charge in [-0.2, -0.15) is 0 Å². The molecule has 3 heteroatoms. The maximum atomic E-state index is 6.03. The van der Waals surface area contributed by atoms with Crippen LogP contribution in [0.2, 0.25) is 39.3 Å². The third-order valence-corrected chi connectivity index (χ3v) is 4.21. The van der Waals surface area contributed by atoms with Gasteiger partial charge in [0.05, 0.1) is 5.38 Å². The Morgan fingerprint density at radius 3 is 1.77 bits per heavy atom. The molecule has 76 valence electrons. The topological polar surface area (TPSA) is 9.23 Å². The van der Waals surface area contributed by atoms with Gasteiger partial charge >= 0.3 is 0 Å². The minimum atomic E-state index is -1.45.